The normalized spacial score (nSPS) is 18.2. The summed E-state index contributed by atoms with van der Waals surface area (Å²) < 4.78 is 3.84. The molecule has 124 valence electrons. The zero-order chi connectivity index (χ0) is 16.4. The Morgan fingerprint density at radius 1 is 1.21 bits per heavy atom. The summed E-state index contributed by atoms with van der Waals surface area (Å²) in [5, 5.41) is 4.26. The molecule has 24 heavy (non-hydrogen) atoms. The maximum atomic E-state index is 13.0. The molecular formula is C18H21N5O. The number of likely N-dealkylation sites (tertiary alicyclic amines) is 1. The molecule has 0 saturated carbocycles. The van der Waals surface area contributed by atoms with Gasteiger partial charge in [-0.1, -0.05) is 0 Å². The maximum absolute atomic E-state index is 13.0. The molecule has 6 heteroatoms. The Kier molecular flexibility index (Phi) is 4.02. The fourth-order valence-electron chi connectivity index (χ4n) is 3.49. The summed E-state index contributed by atoms with van der Waals surface area (Å²) in [5.41, 5.74) is 1.59. The molecule has 0 bridgehead atoms. The Balaban J connectivity index is 1.51. The van der Waals surface area contributed by atoms with Gasteiger partial charge in [0.25, 0.3) is 5.91 Å². The number of fused-ring (bicyclic) bond motifs is 1. The molecule has 0 N–H and O–H groups in total. The lowest BCUT2D eigenvalue weighted by Crippen LogP contribution is -2.44. The lowest BCUT2D eigenvalue weighted by molar-refractivity contribution is 0.0593. The number of nitrogens with zero attached hydrogens (tertiary/aromatic N) is 5. The summed E-state index contributed by atoms with van der Waals surface area (Å²) in [6, 6.07) is 6.00. The van der Waals surface area contributed by atoms with Crippen molar-refractivity contribution in [3.63, 3.8) is 0 Å². The molecule has 1 atom stereocenters. The Labute approximate surface area is 140 Å². The number of amides is 1. The Bertz CT molecular complexity index is 823. The highest BCUT2D eigenvalue weighted by Gasteiger charge is 2.27. The van der Waals surface area contributed by atoms with Crippen LogP contribution in [0.15, 0.2) is 49.2 Å². The molecule has 1 aliphatic rings. The van der Waals surface area contributed by atoms with Crippen LogP contribution in [0.2, 0.25) is 0 Å². The van der Waals surface area contributed by atoms with Gasteiger partial charge in [-0.25, -0.2) is 4.98 Å². The van der Waals surface area contributed by atoms with Gasteiger partial charge in [0.05, 0.1) is 5.56 Å². The van der Waals surface area contributed by atoms with Crippen LogP contribution in [0.3, 0.4) is 0 Å². The topological polar surface area (TPSA) is 55.4 Å². The molecule has 0 unspecified atom stereocenters. The number of aromatic nitrogens is 4. The summed E-state index contributed by atoms with van der Waals surface area (Å²) >= 11 is 0. The van der Waals surface area contributed by atoms with Gasteiger partial charge in [0, 0.05) is 50.1 Å². The number of rotatable bonds is 4. The predicted molar refractivity (Wildman–Crippen MR) is 90.7 cm³/mol. The van der Waals surface area contributed by atoms with E-state index in [2.05, 4.69) is 10.1 Å². The molecule has 0 aliphatic carbocycles. The third kappa shape index (κ3) is 2.91. The van der Waals surface area contributed by atoms with Crippen molar-refractivity contribution in [1.82, 2.24) is 24.1 Å². The van der Waals surface area contributed by atoms with Crippen molar-refractivity contribution in [2.45, 2.75) is 38.3 Å². The zero-order valence-electron chi connectivity index (χ0n) is 13.6. The molecule has 4 heterocycles. The van der Waals surface area contributed by atoms with Crippen LogP contribution in [0.4, 0.5) is 0 Å². The van der Waals surface area contributed by atoms with Gasteiger partial charge in [0.2, 0.25) is 0 Å². The summed E-state index contributed by atoms with van der Waals surface area (Å²) in [7, 11) is 0. The fourth-order valence-corrected chi connectivity index (χ4v) is 3.49. The van der Waals surface area contributed by atoms with E-state index in [0.29, 0.717) is 0 Å². The molecule has 0 radical (unpaired) electrons. The molecule has 1 saturated heterocycles. The van der Waals surface area contributed by atoms with E-state index in [1.807, 2.05) is 50.8 Å². The van der Waals surface area contributed by atoms with Crippen LogP contribution in [0, 0.1) is 0 Å². The first-order valence-corrected chi connectivity index (χ1v) is 8.52. The van der Waals surface area contributed by atoms with E-state index in [9.17, 15) is 4.79 Å². The van der Waals surface area contributed by atoms with Crippen molar-refractivity contribution in [2.75, 3.05) is 6.54 Å². The standard InChI is InChI=1S/C18H21N5O/c24-18(15-5-6-17-19-9-13-21(17)14-15)23-11-2-1-4-16(23)7-12-22-10-3-8-20-22/h3,5-6,8-10,13-14,16H,1-2,4,7,11-12H2/t16-/m1/s1. The van der Waals surface area contributed by atoms with E-state index in [4.69, 9.17) is 0 Å². The lowest BCUT2D eigenvalue weighted by atomic mass is 9.98. The van der Waals surface area contributed by atoms with Crippen molar-refractivity contribution in [3.8, 4) is 0 Å². The SMILES string of the molecule is O=C(c1ccc2nccn2c1)N1CCCC[C@@H]1CCn1cccn1. The van der Waals surface area contributed by atoms with Crippen molar-refractivity contribution >= 4 is 11.6 Å². The summed E-state index contributed by atoms with van der Waals surface area (Å²) in [6.07, 6.45) is 13.6. The number of piperidine rings is 1. The molecule has 3 aromatic rings. The smallest absolute Gasteiger partial charge is 0.255 e. The minimum Gasteiger partial charge on any atom is -0.336 e. The number of aryl methyl sites for hydroxylation is 1. The summed E-state index contributed by atoms with van der Waals surface area (Å²) in [6.45, 7) is 1.69. The molecule has 1 fully saturated rings. The van der Waals surface area contributed by atoms with E-state index in [1.165, 1.54) is 6.42 Å². The van der Waals surface area contributed by atoms with E-state index in [-0.39, 0.29) is 11.9 Å². The Morgan fingerprint density at radius 3 is 3.04 bits per heavy atom. The van der Waals surface area contributed by atoms with Crippen molar-refractivity contribution in [2.24, 2.45) is 0 Å². The van der Waals surface area contributed by atoms with Crippen molar-refractivity contribution in [3.05, 3.63) is 54.7 Å². The van der Waals surface area contributed by atoms with Crippen LogP contribution in [-0.2, 0) is 6.54 Å². The quantitative estimate of drug-likeness (QED) is 0.741. The minimum atomic E-state index is 0.121. The first-order valence-electron chi connectivity index (χ1n) is 8.52. The number of carbonyl (C=O) groups is 1. The van der Waals surface area contributed by atoms with E-state index in [1.54, 1.807) is 12.4 Å². The second-order valence-electron chi connectivity index (χ2n) is 6.32. The van der Waals surface area contributed by atoms with Crippen LogP contribution in [0.5, 0.6) is 0 Å². The van der Waals surface area contributed by atoms with Crippen molar-refractivity contribution < 1.29 is 4.79 Å². The fraction of sp³-hybridized carbons (Fsp3) is 0.389. The zero-order valence-corrected chi connectivity index (χ0v) is 13.6. The first-order chi connectivity index (χ1) is 11.8. The van der Waals surface area contributed by atoms with E-state index >= 15 is 0 Å². The molecule has 6 nitrogen and oxygen atoms in total. The van der Waals surface area contributed by atoms with Crippen LogP contribution >= 0.6 is 0 Å². The second-order valence-corrected chi connectivity index (χ2v) is 6.32. The van der Waals surface area contributed by atoms with Gasteiger partial charge >= 0.3 is 0 Å². The van der Waals surface area contributed by atoms with E-state index < -0.39 is 0 Å². The first kappa shape index (κ1) is 14.9. The van der Waals surface area contributed by atoms with Gasteiger partial charge in [-0.05, 0) is 43.9 Å². The summed E-state index contributed by atoms with van der Waals surface area (Å²) in [4.78, 5) is 19.3. The summed E-state index contributed by atoms with van der Waals surface area (Å²) in [5.74, 6) is 0.121. The second kappa shape index (κ2) is 6.47. The van der Waals surface area contributed by atoms with Crippen molar-refractivity contribution in [1.29, 1.82) is 0 Å². The van der Waals surface area contributed by atoms with Gasteiger partial charge in [0.15, 0.2) is 0 Å². The number of hydrogen-bond acceptors (Lipinski definition) is 3. The van der Waals surface area contributed by atoms with Gasteiger partial charge in [-0.3, -0.25) is 9.48 Å². The minimum absolute atomic E-state index is 0.121. The highest BCUT2D eigenvalue weighted by atomic mass is 16.2. The Hall–Kier alpha value is -2.63. The monoisotopic (exact) mass is 323 g/mol. The van der Waals surface area contributed by atoms with Crippen LogP contribution in [0.25, 0.3) is 5.65 Å². The largest absolute Gasteiger partial charge is 0.336 e. The molecule has 3 aromatic heterocycles. The highest BCUT2D eigenvalue weighted by molar-refractivity contribution is 5.94. The maximum Gasteiger partial charge on any atom is 0.255 e. The lowest BCUT2D eigenvalue weighted by Gasteiger charge is -2.36. The number of imidazole rings is 1. The van der Waals surface area contributed by atoms with Crippen LogP contribution in [0.1, 0.15) is 36.0 Å². The molecule has 4 rings (SSSR count). The molecule has 0 aromatic carbocycles. The average Bonchev–Trinajstić information content (AvgIpc) is 3.30. The number of pyridine rings is 1. The van der Waals surface area contributed by atoms with Crippen LogP contribution < -0.4 is 0 Å². The molecule has 1 amide bonds. The Morgan fingerprint density at radius 2 is 2.17 bits per heavy atom. The van der Waals surface area contributed by atoms with Gasteiger partial charge in [-0.15, -0.1) is 0 Å². The number of carbonyl (C=O) groups excluding carboxylic acids is 1. The van der Waals surface area contributed by atoms with Crippen LogP contribution in [-0.4, -0.2) is 42.6 Å². The highest BCUT2D eigenvalue weighted by Crippen LogP contribution is 2.22. The van der Waals surface area contributed by atoms with E-state index in [0.717, 1.165) is 43.6 Å². The van der Waals surface area contributed by atoms with Gasteiger partial charge in [-0.2, -0.15) is 5.10 Å². The third-order valence-corrected chi connectivity index (χ3v) is 4.77. The average molecular weight is 323 g/mol. The molecular weight excluding hydrogens is 302 g/mol. The molecule has 1 aliphatic heterocycles. The number of hydrogen-bond donors (Lipinski definition) is 0. The van der Waals surface area contributed by atoms with Gasteiger partial charge in [0.1, 0.15) is 5.65 Å². The predicted octanol–water partition coefficient (Wildman–Crippen LogP) is 2.62. The molecule has 0 spiro atoms. The third-order valence-electron chi connectivity index (χ3n) is 4.77. The van der Waals surface area contributed by atoms with Gasteiger partial charge < -0.3 is 9.30 Å².